The molecule has 252 valence electrons. The summed E-state index contributed by atoms with van der Waals surface area (Å²) in [7, 11) is 9.47. The fourth-order valence-electron chi connectivity index (χ4n) is 7.66. The van der Waals surface area contributed by atoms with Gasteiger partial charge in [-0.3, -0.25) is 9.80 Å². The largest absolute Gasteiger partial charge is 0.493 e. The SMILES string of the molecule is CCOCc1c2c3c(c(OC)c1OC)Oc1ccc4c(c1)[C@H](Cc1ccc(cc1)Oc1cc(ccc1OC)C[C@@H]3N(C)CC2)N(C)CC4. The average Bonchev–Trinajstić information content (AvgIpc) is 3.10. The highest BCUT2D eigenvalue weighted by molar-refractivity contribution is 5.66. The molecule has 8 rings (SSSR count). The summed E-state index contributed by atoms with van der Waals surface area (Å²) < 4.78 is 37.6. The molecule has 4 aliphatic heterocycles. The molecule has 0 fully saturated rings. The van der Waals surface area contributed by atoms with Crippen molar-refractivity contribution in [1.82, 2.24) is 9.80 Å². The molecule has 4 heterocycles. The molecule has 4 aromatic carbocycles. The van der Waals surface area contributed by atoms with E-state index in [0.29, 0.717) is 42.0 Å². The molecular weight excluding hydrogens is 604 g/mol. The van der Waals surface area contributed by atoms with E-state index in [1.807, 2.05) is 13.0 Å². The van der Waals surface area contributed by atoms with E-state index in [9.17, 15) is 0 Å². The molecule has 6 bridgehead atoms. The Balaban J connectivity index is 1.46. The van der Waals surface area contributed by atoms with Crippen LogP contribution in [0.25, 0.3) is 0 Å². The van der Waals surface area contributed by atoms with Gasteiger partial charge in [-0.25, -0.2) is 0 Å². The van der Waals surface area contributed by atoms with Crippen LogP contribution in [0.15, 0.2) is 60.7 Å². The van der Waals surface area contributed by atoms with Gasteiger partial charge in [0.25, 0.3) is 0 Å². The third kappa shape index (κ3) is 5.97. The zero-order valence-corrected chi connectivity index (χ0v) is 28.9. The smallest absolute Gasteiger partial charge is 0.204 e. The second-order valence-corrected chi connectivity index (χ2v) is 13.0. The molecule has 0 amide bonds. The van der Waals surface area contributed by atoms with Crippen molar-refractivity contribution in [2.45, 2.75) is 51.3 Å². The number of methoxy groups -OCH3 is 3. The van der Waals surface area contributed by atoms with Crippen molar-refractivity contribution in [1.29, 1.82) is 0 Å². The van der Waals surface area contributed by atoms with Gasteiger partial charge < -0.3 is 28.4 Å². The fraction of sp³-hybridized carbons (Fsp3) is 0.400. The Morgan fingerprint density at radius 3 is 2.19 bits per heavy atom. The standard InChI is InChI=1S/C40H46N2O6/c1-7-46-24-32-30-17-19-42(3)34-21-26-10-15-35(43-4)36(22-26)47-28-12-8-25(9-13-28)20-33-31-23-29(14-11-27(31)16-18-41(33)2)48-39(37(30)34)40(45-6)38(32)44-5/h8-15,22-23,33-34H,7,16-21,24H2,1-6H3/t33-,34-/m0/s1. The van der Waals surface area contributed by atoms with Crippen molar-refractivity contribution >= 4 is 0 Å². The molecule has 0 unspecified atom stereocenters. The maximum Gasteiger partial charge on any atom is 0.204 e. The van der Waals surface area contributed by atoms with E-state index in [0.717, 1.165) is 67.0 Å². The Morgan fingerprint density at radius 2 is 1.44 bits per heavy atom. The number of nitrogens with zero attached hydrogens (tertiary/aromatic N) is 2. The molecule has 0 radical (unpaired) electrons. The van der Waals surface area contributed by atoms with E-state index in [1.165, 1.54) is 22.3 Å². The second-order valence-electron chi connectivity index (χ2n) is 13.0. The van der Waals surface area contributed by atoms with E-state index in [2.05, 4.69) is 78.5 Å². The normalized spacial score (nSPS) is 19.0. The van der Waals surface area contributed by atoms with E-state index >= 15 is 0 Å². The molecule has 0 spiro atoms. The minimum Gasteiger partial charge on any atom is -0.493 e. The van der Waals surface area contributed by atoms with Crippen molar-refractivity contribution in [3.63, 3.8) is 0 Å². The topological polar surface area (TPSA) is 61.9 Å². The van der Waals surface area contributed by atoms with Gasteiger partial charge in [0, 0.05) is 42.9 Å². The lowest BCUT2D eigenvalue weighted by atomic mass is 9.84. The molecule has 0 saturated carbocycles. The van der Waals surface area contributed by atoms with Gasteiger partial charge in [0.15, 0.2) is 23.0 Å². The van der Waals surface area contributed by atoms with Crippen LogP contribution in [0.3, 0.4) is 0 Å². The molecule has 2 atom stereocenters. The van der Waals surface area contributed by atoms with Crippen molar-refractivity contribution in [2.24, 2.45) is 0 Å². The summed E-state index contributed by atoms with van der Waals surface area (Å²) in [6.45, 7) is 4.93. The first-order valence-electron chi connectivity index (χ1n) is 16.9. The lowest BCUT2D eigenvalue weighted by Gasteiger charge is -2.38. The molecule has 8 heteroatoms. The summed E-state index contributed by atoms with van der Waals surface area (Å²) in [6.07, 6.45) is 3.43. The first-order valence-corrected chi connectivity index (χ1v) is 16.9. The highest BCUT2D eigenvalue weighted by atomic mass is 16.5. The molecular formula is C40H46N2O6. The van der Waals surface area contributed by atoms with Crippen LogP contribution >= 0.6 is 0 Å². The van der Waals surface area contributed by atoms with Gasteiger partial charge in [-0.1, -0.05) is 24.3 Å². The summed E-state index contributed by atoms with van der Waals surface area (Å²) in [5.41, 5.74) is 8.36. The summed E-state index contributed by atoms with van der Waals surface area (Å²) >= 11 is 0. The van der Waals surface area contributed by atoms with Crippen LogP contribution in [0, 0.1) is 0 Å². The zero-order chi connectivity index (χ0) is 33.4. The number of fused-ring (bicyclic) bond motifs is 2. The quantitative estimate of drug-likeness (QED) is 0.211. The highest BCUT2D eigenvalue weighted by Crippen LogP contribution is 2.53. The maximum atomic E-state index is 7.05. The van der Waals surface area contributed by atoms with E-state index in [-0.39, 0.29) is 12.1 Å². The van der Waals surface area contributed by atoms with Crippen LogP contribution in [0.5, 0.6) is 40.2 Å². The predicted octanol–water partition coefficient (Wildman–Crippen LogP) is 7.69. The van der Waals surface area contributed by atoms with Crippen LogP contribution < -0.4 is 23.7 Å². The van der Waals surface area contributed by atoms with Gasteiger partial charge in [0.1, 0.15) is 11.5 Å². The van der Waals surface area contributed by atoms with Gasteiger partial charge in [-0.2, -0.15) is 0 Å². The summed E-state index contributed by atoms with van der Waals surface area (Å²) in [6, 6.07) is 21.5. The van der Waals surface area contributed by atoms with Crippen LogP contribution in [0.1, 0.15) is 58.0 Å². The van der Waals surface area contributed by atoms with Crippen molar-refractivity contribution in [3.8, 4) is 40.2 Å². The second kappa shape index (κ2) is 13.7. The number of hydrogen-bond donors (Lipinski definition) is 0. The van der Waals surface area contributed by atoms with Crippen LogP contribution in [-0.4, -0.2) is 64.9 Å². The van der Waals surface area contributed by atoms with E-state index in [1.54, 1.807) is 21.3 Å². The number of likely N-dealkylation sites (N-methyl/N-ethyl adjacent to an activating group) is 2. The lowest BCUT2D eigenvalue weighted by molar-refractivity contribution is 0.129. The van der Waals surface area contributed by atoms with Gasteiger partial charge in [-0.15, -0.1) is 0 Å². The summed E-state index contributed by atoms with van der Waals surface area (Å²) in [5, 5.41) is 0. The number of ether oxygens (including phenoxy) is 6. The highest BCUT2D eigenvalue weighted by Gasteiger charge is 2.36. The Morgan fingerprint density at radius 1 is 0.729 bits per heavy atom. The van der Waals surface area contributed by atoms with Gasteiger partial charge in [-0.05, 0) is 111 Å². The van der Waals surface area contributed by atoms with Gasteiger partial charge in [0.05, 0.1) is 27.9 Å². The molecule has 0 aliphatic carbocycles. The number of benzene rings is 4. The number of hydrogen-bond acceptors (Lipinski definition) is 8. The maximum absolute atomic E-state index is 7.05. The minimum atomic E-state index is -0.0140. The molecule has 8 nitrogen and oxygen atoms in total. The fourth-order valence-corrected chi connectivity index (χ4v) is 7.66. The van der Waals surface area contributed by atoms with Crippen LogP contribution in [-0.2, 0) is 37.0 Å². The van der Waals surface area contributed by atoms with E-state index in [4.69, 9.17) is 28.4 Å². The molecule has 0 aromatic heterocycles. The Labute approximate surface area is 284 Å². The predicted molar refractivity (Wildman–Crippen MR) is 186 cm³/mol. The minimum absolute atomic E-state index is 0.0140. The van der Waals surface area contributed by atoms with Crippen LogP contribution in [0.2, 0.25) is 0 Å². The molecule has 48 heavy (non-hydrogen) atoms. The monoisotopic (exact) mass is 650 g/mol. The summed E-state index contributed by atoms with van der Waals surface area (Å²) in [5.74, 6) is 4.91. The van der Waals surface area contributed by atoms with Gasteiger partial charge in [0.2, 0.25) is 5.75 Å². The van der Waals surface area contributed by atoms with Crippen molar-refractivity contribution in [3.05, 3.63) is 99.6 Å². The summed E-state index contributed by atoms with van der Waals surface area (Å²) in [4.78, 5) is 4.86. The molecule has 0 saturated heterocycles. The number of rotatable bonds is 6. The first kappa shape index (κ1) is 32.3. The molecule has 4 aliphatic rings. The van der Waals surface area contributed by atoms with Crippen LogP contribution in [0.4, 0.5) is 0 Å². The van der Waals surface area contributed by atoms with Crippen molar-refractivity contribution in [2.75, 3.05) is 55.1 Å². The lowest BCUT2D eigenvalue weighted by Crippen LogP contribution is -2.35. The Hall–Kier alpha value is -4.24. The molecule has 4 aromatic rings. The molecule has 0 N–H and O–H groups in total. The van der Waals surface area contributed by atoms with E-state index < -0.39 is 0 Å². The Bertz CT molecular complexity index is 1790. The average molecular weight is 651 g/mol. The third-order valence-electron chi connectivity index (χ3n) is 10.3. The van der Waals surface area contributed by atoms with Gasteiger partial charge >= 0.3 is 0 Å². The Kier molecular flexibility index (Phi) is 9.23. The third-order valence-corrected chi connectivity index (χ3v) is 10.3. The van der Waals surface area contributed by atoms with Crippen molar-refractivity contribution < 1.29 is 28.4 Å². The zero-order valence-electron chi connectivity index (χ0n) is 28.9. The first-order chi connectivity index (χ1) is 23.4.